The highest BCUT2D eigenvalue weighted by atomic mass is 17.1. The van der Waals surface area contributed by atoms with Gasteiger partial charge in [0, 0.05) is 6.07 Å². The molecule has 11 heteroatoms. The van der Waals surface area contributed by atoms with Crippen LogP contribution in [0.15, 0.2) is 6.07 Å². The zero-order chi connectivity index (χ0) is 14.7. The van der Waals surface area contributed by atoms with Crippen LogP contribution in [0.3, 0.4) is 0 Å². The van der Waals surface area contributed by atoms with E-state index in [1.807, 2.05) is 0 Å². The first kappa shape index (κ1) is 14.1. The molecule has 0 unspecified atom stereocenters. The van der Waals surface area contributed by atoms with Crippen molar-refractivity contribution in [3.63, 3.8) is 0 Å². The minimum Gasteiger partial charge on any atom is -0.478 e. The Labute approximate surface area is 102 Å². The van der Waals surface area contributed by atoms with Crippen LogP contribution in [0.5, 0.6) is 11.5 Å². The summed E-state index contributed by atoms with van der Waals surface area (Å²) in [5.74, 6) is -6.00. The van der Waals surface area contributed by atoms with Gasteiger partial charge < -0.3 is 20.0 Å². The molecule has 1 aromatic rings. The number of carbonyl (C=O) groups is 2. The molecule has 102 valence electrons. The number of rotatable bonds is 5. The van der Waals surface area contributed by atoms with Crippen molar-refractivity contribution >= 4 is 17.6 Å². The predicted octanol–water partition coefficient (Wildman–Crippen LogP) is 0.695. The second-order valence-electron chi connectivity index (χ2n) is 3.03. The average molecular weight is 275 g/mol. The van der Waals surface area contributed by atoms with Gasteiger partial charge in [0.1, 0.15) is 5.56 Å². The van der Waals surface area contributed by atoms with E-state index in [2.05, 4.69) is 9.78 Å². The Morgan fingerprint density at radius 3 is 1.95 bits per heavy atom. The largest absolute Gasteiger partial charge is 0.478 e. The van der Waals surface area contributed by atoms with E-state index in [1.165, 1.54) is 0 Å². The topological polar surface area (TPSA) is 177 Å². The Morgan fingerprint density at radius 1 is 1.11 bits per heavy atom. The van der Waals surface area contributed by atoms with E-state index >= 15 is 0 Å². The lowest BCUT2D eigenvalue weighted by molar-refractivity contribution is -0.388. The van der Waals surface area contributed by atoms with E-state index in [4.69, 9.17) is 20.7 Å². The molecule has 0 radical (unpaired) electrons. The zero-order valence-corrected chi connectivity index (χ0v) is 8.76. The van der Waals surface area contributed by atoms with Crippen LogP contribution >= 0.6 is 0 Å². The lowest BCUT2D eigenvalue weighted by Crippen LogP contribution is -2.11. The van der Waals surface area contributed by atoms with Crippen molar-refractivity contribution in [3.8, 4) is 11.5 Å². The van der Waals surface area contributed by atoms with Crippen molar-refractivity contribution in [2.75, 3.05) is 0 Å². The Morgan fingerprint density at radius 2 is 1.63 bits per heavy atom. The highest BCUT2D eigenvalue weighted by molar-refractivity contribution is 6.02. The fraction of sp³-hybridized carbons (Fsp3) is 0. The van der Waals surface area contributed by atoms with Gasteiger partial charge in [-0.3, -0.25) is 10.1 Å². The minimum atomic E-state index is -1.92. The Bertz CT molecular complexity index is 525. The number of carboxylic acids is 2. The van der Waals surface area contributed by atoms with Crippen LogP contribution in [-0.2, 0) is 0 Å². The molecule has 0 heterocycles. The third-order valence-corrected chi connectivity index (χ3v) is 2.04. The van der Waals surface area contributed by atoms with Crippen LogP contribution in [0.4, 0.5) is 5.69 Å². The molecule has 19 heavy (non-hydrogen) atoms. The van der Waals surface area contributed by atoms with Gasteiger partial charge in [0.05, 0.1) is 4.92 Å². The van der Waals surface area contributed by atoms with E-state index in [9.17, 15) is 19.7 Å². The molecule has 11 nitrogen and oxygen atoms in total. The van der Waals surface area contributed by atoms with Gasteiger partial charge in [-0.05, 0) is 0 Å². The molecule has 0 fully saturated rings. The summed E-state index contributed by atoms with van der Waals surface area (Å²) >= 11 is 0. The molecule has 1 aromatic carbocycles. The summed E-state index contributed by atoms with van der Waals surface area (Å²) in [7, 11) is 0. The second kappa shape index (κ2) is 5.16. The summed E-state index contributed by atoms with van der Waals surface area (Å²) in [6.07, 6.45) is 0. The quantitative estimate of drug-likeness (QED) is 0.339. The molecule has 1 rings (SSSR count). The van der Waals surface area contributed by atoms with Crippen LogP contribution < -0.4 is 9.78 Å². The molecular formula is C8H5NO10. The summed E-state index contributed by atoms with van der Waals surface area (Å²) in [6, 6.07) is 0.367. The van der Waals surface area contributed by atoms with Crippen molar-refractivity contribution in [2.45, 2.75) is 0 Å². The molecule has 0 aliphatic heterocycles. The zero-order valence-electron chi connectivity index (χ0n) is 8.76. The summed E-state index contributed by atoms with van der Waals surface area (Å²) in [4.78, 5) is 38.4. The van der Waals surface area contributed by atoms with Crippen LogP contribution in [0, 0.1) is 10.1 Å². The minimum absolute atomic E-state index is 0.367. The normalized spacial score (nSPS) is 9.79. The summed E-state index contributed by atoms with van der Waals surface area (Å²) in [5.41, 5.74) is -3.33. The number of hydrogen-bond donors (Lipinski definition) is 4. The SMILES string of the molecule is O=C(O)c1cc([N+](=O)[O-])c(OO)c(C(=O)O)c1OO. The van der Waals surface area contributed by atoms with Gasteiger partial charge in [0.15, 0.2) is 11.3 Å². The molecule has 0 spiro atoms. The number of aromatic carboxylic acids is 2. The predicted molar refractivity (Wildman–Crippen MR) is 53.5 cm³/mol. The van der Waals surface area contributed by atoms with E-state index in [-0.39, 0.29) is 0 Å². The third-order valence-electron chi connectivity index (χ3n) is 2.04. The van der Waals surface area contributed by atoms with E-state index < -0.39 is 45.2 Å². The number of nitro benzene ring substituents is 1. The molecule has 0 saturated carbocycles. The van der Waals surface area contributed by atoms with E-state index in [0.29, 0.717) is 6.07 Å². The molecule has 0 aliphatic rings. The molecule has 0 amide bonds. The maximum atomic E-state index is 10.9. The maximum Gasteiger partial charge on any atom is 0.343 e. The van der Waals surface area contributed by atoms with Gasteiger partial charge in [-0.25, -0.2) is 20.1 Å². The van der Waals surface area contributed by atoms with Crippen molar-refractivity contribution in [1.29, 1.82) is 0 Å². The summed E-state index contributed by atoms with van der Waals surface area (Å²) in [6.45, 7) is 0. The summed E-state index contributed by atoms with van der Waals surface area (Å²) in [5, 5.41) is 45.2. The number of nitro groups is 1. The fourth-order valence-corrected chi connectivity index (χ4v) is 1.31. The molecular weight excluding hydrogens is 270 g/mol. The fourth-order valence-electron chi connectivity index (χ4n) is 1.31. The van der Waals surface area contributed by atoms with Crippen molar-refractivity contribution in [2.24, 2.45) is 0 Å². The van der Waals surface area contributed by atoms with E-state index in [0.717, 1.165) is 0 Å². The van der Waals surface area contributed by atoms with E-state index in [1.54, 1.807) is 0 Å². The number of benzene rings is 1. The average Bonchev–Trinajstić information content (AvgIpc) is 2.35. The Hall–Kier alpha value is -2.92. The first-order valence-corrected chi connectivity index (χ1v) is 4.29. The monoisotopic (exact) mass is 275 g/mol. The smallest absolute Gasteiger partial charge is 0.343 e. The molecule has 0 aromatic heterocycles. The van der Waals surface area contributed by atoms with Crippen LogP contribution in [-0.4, -0.2) is 37.6 Å². The van der Waals surface area contributed by atoms with Gasteiger partial charge in [0.2, 0.25) is 0 Å². The number of hydrogen-bond acceptors (Lipinski definition) is 8. The Kier molecular flexibility index (Phi) is 3.84. The van der Waals surface area contributed by atoms with Crippen LogP contribution in [0.1, 0.15) is 20.7 Å². The first-order valence-electron chi connectivity index (χ1n) is 4.29. The molecule has 0 saturated heterocycles. The van der Waals surface area contributed by atoms with Gasteiger partial charge in [-0.15, -0.1) is 0 Å². The van der Waals surface area contributed by atoms with Gasteiger partial charge in [0.25, 0.3) is 5.75 Å². The van der Waals surface area contributed by atoms with Gasteiger partial charge in [-0.1, -0.05) is 0 Å². The Balaban J connectivity index is 3.87. The van der Waals surface area contributed by atoms with Gasteiger partial charge >= 0.3 is 17.6 Å². The highest BCUT2D eigenvalue weighted by Gasteiger charge is 2.34. The van der Waals surface area contributed by atoms with Crippen LogP contribution in [0.25, 0.3) is 0 Å². The first-order chi connectivity index (χ1) is 8.84. The summed E-state index contributed by atoms with van der Waals surface area (Å²) < 4.78 is 0. The van der Waals surface area contributed by atoms with Gasteiger partial charge in [-0.2, -0.15) is 0 Å². The second-order valence-corrected chi connectivity index (χ2v) is 3.03. The van der Waals surface area contributed by atoms with Crippen molar-refractivity contribution in [1.82, 2.24) is 0 Å². The molecule has 0 aliphatic carbocycles. The number of nitrogens with zero attached hydrogens (tertiary/aromatic N) is 1. The molecule has 4 N–H and O–H groups in total. The molecule has 0 atom stereocenters. The lowest BCUT2D eigenvalue weighted by atomic mass is 10.1. The highest BCUT2D eigenvalue weighted by Crippen LogP contribution is 2.40. The third kappa shape index (κ3) is 2.36. The lowest BCUT2D eigenvalue weighted by Gasteiger charge is -2.09. The van der Waals surface area contributed by atoms with Crippen molar-refractivity contribution in [3.05, 3.63) is 27.3 Å². The number of carboxylic acid groups (broad SMARTS) is 2. The maximum absolute atomic E-state index is 10.9. The standard InChI is InChI=1S/C8H5NO10/c10-7(11)2-1-3(9(14)15)6(19-17)4(8(12)13)5(2)18-16/h1,16-17H,(H,10,11)(H,12,13). The van der Waals surface area contributed by atoms with Crippen LogP contribution in [0.2, 0.25) is 0 Å². The van der Waals surface area contributed by atoms with Crippen molar-refractivity contribution < 1.29 is 45.0 Å². The molecule has 0 bridgehead atoms.